The Kier molecular flexibility index (Phi) is 5.91. The normalized spacial score (nSPS) is 39.0. The average molecular weight is 489 g/mol. The molecular weight excluding hydrogens is 444 g/mol. The zero-order chi connectivity index (χ0) is 24.4. The molecule has 5 heteroatoms. The van der Waals surface area contributed by atoms with Crippen LogP contribution in [0.5, 0.6) is 0 Å². The van der Waals surface area contributed by atoms with Gasteiger partial charge in [0, 0.05) is 30.7 Å². The van der Waals surface area contributed by atoms with Crippen LogP contribution >= 0.6 is 0 Å². The minimum atomic E-state index is -0.0100. The number of hydrogen-bond acceptors (Lipinski definition) is 4. The van der Waals surface area contributed by atoms with Gasteiger partial charge < -0.3 is 9.47 Å². The van der Waals surface area contributed by atoms with Crippen molar-refractivity contribution in [3.8, 4) is 0 Å². The van der Waals surface area contributed by atoms with E-state index in [9.17, 15) is 4.79 Å². The van der Waals surface area contributed by atoms with Gasteiger partial charge in [-0.2, -0.15) is 0 Å². The van der Waals surface area contributed by atoms with Crippen LogP contribution in [-0.2, 0) is 4.79 Å². The van der Waals surface area contributed by atoms with Gasteiger partial charge in [-0.1, -0.05) is 25.5 Å². The SMILES string of the molecule is CC(=O)[C@@H]1CCCN1c1nc2ccccc2n1C1C[C@H]2CCC[C@@H](C1)N2C1C[C@H]2CC(C)C[C@@H](C1)C2. The molecule has 3 saturated heterocycles. The molecule has 5 fully saturated rings. The van der Waals surface area contributed by atoms with Gasteiger partial charge in [0.2, 0.25) is 5.95 Å². The summed E-state index contributed by atoms with van der Waals surface area (Å²) < 4.78 is 2.58. The van der Waals surface area contributed by atoms with Gasteiger partial charge in [-0.05, 0) is 107 Å². The van der Waals surface area contributed by atoms with Crippen molar-refractivity contribution in [2.75, 3.05) is 11.4 Å². The summed E-state index contributed by atoms with van der Waals surface area (Å²) >= 11 is 0. The summed E-state index contributed by atoms with van der Waals surface area (Å²) in [5.74, 6) is 4.23. The summed E-state index contributed by atoms with van der Waals surface area (Å²) in [6.45, 7) is 5.20. The van der Waals surface area contributed by atoms with Crippen molar-refractivity contribution in [3.63, 3.8) is 0 Å². The van der Waals surface area contributed by atoms with Gasteiger partial charge in [-0.15, -0.1) is 0 Å². The Labute approximate surface area is 216 Å². The molecule has 0 N–H and O–H groups in total. The van der Waals surface area contributed by atoms with Gasteiger partial charge in [0.1, 0.15) is 0 Å². The van der Waals surface area contributed by atoms with Crippen molar-refractivity contribution in [2.45, 2.75) is 121 Å². The molecule has 1 aromatic carbocycles. The second-order valence-corrected chi connectivity index (χ2v) is 13.2. The van der Waals surface area contributed by atoms with Gasteiger partial charge in [0.05, 0.1) is 17.1 Å². The summed E-state index contributed by atoms with van der Waals surface area (Å²) in [6.07, 6.45) is 16.0. The quantitative estimate of drug-likeness (QED) is 0.502. The molecule has 0 spiro atoms. The molecule has 5 nitrogen and oxygen atoms in total. The number of fused-ring (bicyclic) bond motifs is 5. The molecule has 0 radical (unpaired) electrons. The maximum absolute atomic E-state index is 12.5. The zero-order valence-electron chi connectivity index (χ0n) is 22.3. The zero-order valence-corrected chi connectivity index (χ0v) is 22.3. The molecule has 3 unspecified atom stereocenters. The molecule has 7 rings (SSSR count). The molecule has 1 aromatic heterocycles. The van der Waals surface area contributed by atoms with E-state index >= 15 is 0 Å². The number of aromatic nitrogens is 2. The lowest BCUT2D eigenvalue weighted by molar-refractivity contribution is -0.118. The molecule has 2 saturated carbocycles. The Hall–Kier alpha value is -1.88. The Balaban J connectivity index is 1.20. The first kappa shape index (κ1) is 23.3. The molecule has 8 atom stereocenters. The highest BCUT2D eigenvalue weighted by Gasteiger charge is 2.46. The number of anilines is 1. The average Bonchev–Trinajstić information content (AvgIpc) is 3.47. The van der Waals surface area contributed by atoms with Crippen molar-refractivity contribution in [2.24, 2.45) is 17.8 Å². The predicted molar refractivity (Wildman–Crippen MR) is 145 cm³/mol. The lowest BCUT2D eigenvalue weighted by Crippen LogP contribution is -2.58. The van der Waals surface area contributed by atoms with Crippen LogP contribution in [0.15, 0.2) is 24.3 Å². The van der Waals surface area contributed by atoms with E-state index in [4.69, 9.17) is 4.98 Å². The van der Waals surface area contributed by atoms with Gasteiger partial charge in [-0.25, -0.2) is 4.98 Å². The number of Topliss-reactive ketones (excluding diaryl/α,β-unsaturated/α-hetero) is 1. The molecular formula is C31H44N4O. The third-order valence-corrected chi connectivity index (χ3v) is 10.7. The lowest BCUT2D eigenvalue weighted by Gasteiger charge is -2.56. The van der Waals surface area contributed by atoms with Crippen LogP contribution in [0.1, 0.15) is 96.9 Å². The molecule has 5 aliphatic rings. The molecule has 194 valence electrons. The van der Waals surface area contributed by atoms with Gasteiger partial charge in [0.25, 0.3) is 0 Å². The molecule has 4 bridgehead atoms. The first-order chi connectivity index (χ1) is 17.5. The summed E-state index contributed by atoms with van der Waals surface area (Å²) in [5.41, 5.74) is 2.35. The van der Waals surface area contributed by atoms with E-state index < -0.39 is 0 Å². The fourth-order valence-corrected chi connectivity index (χ4v) is 9.61. The van der Waals surface area contributed by atoms with Gasteiger partial charge in [-0.3, -0.25) is 9.69 Å². The standard InChI is InChI=1S/C31H44N4O/c1-20-13-22-15-23(14-20)17-26(16-22)34-24-7-5-8-25(34)19-27(18-24)35-30-10-4-3-9-28(30)32-31(35)33-12-6-11-29(33)21(2)36/h3-4,9-10,20,22-27,29H,5-8,11-19H2,1-2H3/t20?,22-,23+,24-,25+,26?,27?,29-/m0/s1. The highest BCUT2D eigenvalue weighted by Crippen LogP contribution is 2.49. The number of imidazole rings is 1. The first-order valence-electron chi connectivity index (χ1n) is 15.1. The van der Waals surface area contributed by atoms with Crippen LogP contribution < -0.4 is 4.90 Å². The predicted octanol–water partition coefficient (Wildman–Crippen LogP) is 6.37. The monoisotopic (exact) mass is 488 g/mol. The number of benzene rings is 1. The van der Waals surface area contributed by atoms with Crippen molar-refractivity contribution in [1.29, 1.82) is 0 Å². The minimum Gasteiger partial charge on any atom is -0.332 e. The fraction of sp³-hybridized carbons (Fsp3) is 0.742. The Morgan fingerprint density at radius 3 is 2.28 bits per heavy atom. The fourth-order valence-electron chi connectivity index (χ4n) is 9.61. The van der Waals surface area contributed by atoms with Crippen LogP contribution in [0.2, 0.25) is 0 Å². The van der Waals surface area contributed by atoms with Gasteiger partial charge in [0.15, 0.2) is 5.78 Å². The Bertz CT molecular complexity index is 1090. The second kappa shape index (κ2) is 9.15. The highest BCUT2D eigenvalue weighted by molar-refractivity contribution is 5.86. The van der Waals surface area contributed by atoms with Crippen molar-refractivity contribution < 1.29 is 4.79 Å². The number of carbonyl (C=O) groups is 1. The van der Waals surface area contributed by atoms with E-state index in [1.807, 2.05) is 0 Å². The lowest BCUT2D eigenvalue weighted by atomic mass is 9.65. The second-order valence-electron chi connectivity index (χ2n) is 13.2. The molecule has 2 aromatic rings. The highest BCUT2D eigenvalue weighted by atomic mass is 16.1. The number of carbonyl (C=O) groups excluding carboxylic acids is 1. The first-order valence-corrected chi connectivity index (χ1v) is 15.1. The van der Waals surface area contributed by atoms with E-state index in [0.717, 1.165) is 54.6 Å². The van der Waals surface area contributed by atoms with Crippen molar-refractivity contribution >= 4 is 22.8 Å². The maximum atomic E-state index is 12.5. The summed E-state index contributed by atoms with van der Waals surface area (Å²) in [4.78, 5) is 23.1. The van der Waals surface area contributed by atoms with Crippen LogP contribution in [0.25, 0.3) is 11.0 Å². The molecule has 2 aliphatic carbocycles. The third kappa shape index (κ3) is 3.92. The summed E-state index contributed by atoms with van der Waals surface area (Å²) in [5, 5.41) is 0. The maximum Gasteiger partial charge on any atom is 0.207 e. The third-order valence-electron chi connectivity index (χ3n) is 10.7. The Morgan fingerprint density at radius 1 is 0.833 bits per heavy atom. The molecule has 36 heavy (non-hydrogen) atoms. The van der Waals surface area contributed by atoms with E-state index in [1.165, 1.54) is 69.7 Å². The van der Waals surface area contributed by atoms with E-state index in [2.05, 4.69) is 45.6 Å². The van der Waals surface area contributed by atoms with E-state index in [1.54, 1.807) is 6.92 Å². The number of nitrogens with zero attached hydrogens (tertiary/aromatic N) is 4. The smallest absolute Gasteiger partial charge is 0.207 e. The Morgan fingerprint density at radius 2 is 1.56 bits per heavy atom. The number of para-hydroxylation sites is 2. The minimum absolute atomic E-state index is 0.0100. The van der Waals surface area contributed by atoms with Crippen LogP contribution in [0.3, 0.4) is 0 Å². The number of piperidine rings is 2. The largest absolute Gasteiger partial charge is 0.332 e. The number of hydrogen-bond donors (Lipinski definition) is 0. The van der Waals surface area contributed by atoms with E-state index in [-0.39, 0.29) is 11.8 Å². The van der Waals surface area contributed by atoms with Crippen molar-refractivity contribution in [3.05, 3.63) is 24.3 Å². The number of rotatable bonds is 4. The molecule has 3 aliphatic heterocycles. The van der Waals surface area contributed by atoms with Crippen LogP contribution in [-0.4, -0.2) is 50.9 Å². The van der Waals surface area contributed by atoms with Gasteiger partial charge >= 0.3 is 0 Å². The molecule has 0 amide bonds. The van der Waals surface area contributed by atoms with E-state index in [0.29, 0.717) is 18.1 Å². The van der Waals surface area contributed by atoms with Crippen molar-refractivity contribution in [1.82, 2.24) is 14.5 Å². The van der Waals surface area contributed by atoms with Crippen LogP contribution in [0, 0.1) is 17.8 Å². The van der Waals surface area contributed by atoms with Crippen LogP contribution in [0.4, 0.5) is 5.95 Å². The summed E-state index contributed by atoms with van der Waals surface area (Å²) in [7, 11) is 0. The molecule has 4 heterocycles. The summed E-state index contributed by atoms with van der Waals surface area (Å²) in [6, 6.07) is 11.4. The number of ketones is 1. The topological polar surface area (TPSA) is 41.4 Å².